The number of amides is 2. The zero-order valence-electron chi connectivity index (χ0n) is 12.1. The summed E-state index contributed by atoms with van der Waals surface area (Å²) in [6.07, 6.45) is 3.68. The highest BCUT2D eigenvalue weighted by atomic mass is 16.4. The number of nitrogens with one attached hydrogen (secondary N) is 2. The molecule has 0 aliphatic carbocycles. The molecule has 0 aliphatic heterocycles. The zero-order valence-corrected chi connectivity index (χ0v) is 12.1. The Labute approximate surface area is 122 Å². The zero-order chi connectivity index (χ0) is 15.9. The van der Waals surface area contributed by atoms with Crippen LogP contribution in [0.3, 0.4) is 0 Å². The maximum atomic E-state index is 11.8. The van der Waals surface area contributed by atoms with Crippen LogP contribution in [0.15, 0.2) is 23.0 Å². The highest BCUT2D eigenvalue weighted by molar-refractivity contribution is 5.94. The van der Waals surface area contributed by atoms with Gasteiger partial charge in [-0.25, -0.2) is 4.79 Å². The second-order valence-electron chi connectivity index (χ2n) is 4.95. The van der Waals surface area contributed by atoms with E-state index in [0.717, 1.165) is 0 Å². The van der Waals surface area contributed by atoms with Crippen molar-refractivity contribution in [1.82, 2.24) is 10.6 Å². The molecular formula is C14H20N2O5. The molecule has 116 valence electrons. The van der Waals surface area contributed by atoms with Gasteiger partial charge in [-0.3, -0.25) is 9.59 Å². The topological polar surface area (TPSA) is 109 Å². The molecule has 21 heavy (non-hydrogen) atoms. The molecule has 7 heteroatoms. The number of hydrogen-bond acceptors (Lipinski definition) is 4. The SMILES string of the molecule is CCCC(C)(NC(=O)CCNC(=O)c1ccoc1)C(=O)O. The average Bonchev–Trinajstić information content (AvgIpc) is 2.92. The molecule has 7 nitrogen and oxygen atoms in total. The lowest BCUT2D eigenvalue weighted by Crippen LogP contribution is -2.52. The molecule has 1 atom stereocenters. The Morgan fingerprint density at radius 1 is 1.38 bits per heavy atom. The third-order valence-corrected chi connectivity index (χ3v) is 3.06. The molecule has 1 aromatic rings. The molecule has 1 aromatic heterocycles. The Morgan fingerprint density at radius 2 is 2.10 bits per heavy atom. The van der Waals surface area contributed by atoms with E-state index < -0.39 is 17.4 Å². The summed E-state index contributed by atoms with van der Waals surface area (Å²) in [5.74, 6) is -1.83. The van der Waals surface area contributed by atoms with Crippen LogP contribution in [0.4, 0.5) is 0 Å². The van der Waals surface area contributed by atoms with Gasteiger partial charge in [-0.05, 0) is 19.4 Å². The number of aliphatic carboxylic acids is 1. The Bertz CT molecular complexity index is 497. The van der Waals surface area contributed by atoms with E-state index in [4.69, 9.17) is 9.52 Å². The van der Waals surface area contributed by atoms with Crippen LogP contribution >= 0.6 is 0 Å². The first-order chi connectivity index (χ1) is 9.89. The van der Waals surface area contributed by atoms with Crippen molar-refractivity contribution in [2.45, 2.75) is 38.6 Å². The summed E-state index contributed by atoms with van der Waals surface area (Å²) in [4.78, 5) is 34.5. The first-order valence-corrected chi connectivity index (χ1v) is 6.74. The summed E-state index contributed by atoms with van der Waals surface area (Å²) in [6, 6.07) is 1.51. The molecule has 0 saturated carbocycles. The first kappa shape index (κ1) is 16.7. The number of carboxylic acids is 1. The lowest BCUT2D eigenvalue weighted by molar-refractivity contribution is -0.147. The Balaban J connectivity index is 2.40. The maximum Gasteiger partial charge on any atom is 0.329 e. The summed E-state index contributed by atoms with van der Waals surface area (Å²) in [7, 11) is 0. The second-order valence-corrected chi connectivity index (χ2v) is 4.95. The largest absolute Gasteiger partial charge is 0.480 e. The molecule has 0 saturated heterocycles. The van der Waals surface area contributed by atoms with Gasteiger partial charge in [0.15, 0.2) is 0 Å². The first-order valence-electron chi connectivity index (χ1n) is 6.74. The van der Waals surface area contributed by atoms with Gasteiger partial charge in [0.25, 0.3) is 5.91 Å². The van der Waals surface area contributed by atoms with E-state index in [1.54, 1.807) is 0 Å². The fourth-order valence-electron chi connectivity index (χ4n) is 1.88. The number of carboxylic acid groups (broad SMARTS) is 1. The van der Waals surface area contributed by atoms with Gasteiger partial charge in [-0.1, -0.05) is 13.3 Å². The van der Waals surface area contributed by atoms with E-state index >= 15 is 0 Å². The van der Waals surface area contributed by atoms with Gasteiger partial charge in [-0.2, -0.15) is 0 Å². The number of carbonyl (C=O) groups excluding carboxylic acids is 2. The van der Waals surface area contributed by atoms with E-state index in [1.807, 2.05) is 6.92 Å². The quantitative estimate of drug-likeness (QED) is 0.667. The highest BCUT2D eigenvalue weighted by Crippen LogP contribution is 2.12. The number of hydrogen-bond donors (Lipinski definition) is 3. The van der Waals surface area contributed by atoms with Crippen molar-refractivity contribution in [1.29, 1.82) is 0 Å². The normalized spacial score (nSPS) is 13.2. The third kappa shape index (κ3) is 4.94. The van der Waals surface area contributed by atoms with Gasteiger partial charge in [0.2, 0.25) is 5.91 Å². The van der Waals surface area contributed by atoms with Crippen molar-refractivity contribution in [3.05, 3.63) is 24.2 Å². The van der Waals surface area contributed by atoms with Crippen molar-refractivity contribution in [2.75, 3.05) is 6.54 Å². The molecule has 0 spiro atoms. The Hall–Kier alpha value is -2.31. The maximum absolute atomic E-state index is 11.8. The predicted octanol–water partition coefficient (Wildman–Crippen LogP) is 1.16. The van der Waals surface area contributed by atoms with Crippen molar-refractivity contribution in [2.24, 2.45) is 0 Å². The molecule has 1 rings (SSSR count). The number of rotatable bonds is 8. The molecule has 1 heterocycles. The number of furan rings is 1. The Kier molecular flexibility index (Phi) is 5.95. The van der Waals surface area contributed by atoms with E-state index in [1.165, 1.54) is 25.5 Å². The summed E-state index contributed by atoms with van der Waals surface area (Å²) in [6.45, 7) is 3.44. The molecule has 1 unspecified atom stereocenters. The Morgan fingerprint density at radius 3 is 2.62 bits per heavy atom. The van der Waals surface area contributed by atoms with E-state index in [-0.39, 0.29) is 18.9 Å². The average molecular weight is 296 g/mol. The van der Waals surface area contributed by atoms with Crippen molar-refractivity contribution in [3.8, 4) is 0 Å². The highest BCUT2D eigenvalue weighted by Gasteiger charge is 2.33. The van der Waals surface area contributed by atoms with Gasteiger partial charge in [0.05, 0.1) is 11.8 Å². The standard InChI is InChI=1S/C14H20N2O5/c1-3-6-14(2,13(19)20)16-11(17)4-7-15-12(18)10-5-8-21-9-10/h5,8-9H,3-4,6-7H2,1-2H3,(H,15,18)(H,16,17)(H,19,20). The molecule has 0 fully saturated rings. The van der Waals surface area contributed by atoms with Crippen LogP contribution in [0.25, 0.3) is 0 Å². The van der Waals surface area contributed by atoms with Crippen LogP contribution in [-0.2, 0) is 9.59 Å². The van der Waals surface area contributed by atoms with Gasteiger partial charge < -0.3 is 20.2 Å². The molecule has 0 aliphatic rings. The second kappa shape index (κ2) is 7.47. The fraction of sp³-hybridized carbons (Fsp3) is 0.500. The van der Waals surface area contributed by atoms with E-state index in [9.17, 15) is 14.4 Å². The van der Waals surface area contributed by atoms with Crippen LogP contribution < -0.4 is 10.6 Å². The number of carbonyl (C=O) groups is 3. The lowest BCUT2D eigenvalue weighted by Gasteiger charge is -2.25. The smallest absolute Gasteiger partial charge is 0.329 e. The molecule has 0 radical (unpaired) electrons. The van der Waals surface area contributed by atoms with Gasteiger partial charge in [0.1, 0.15) is 11.8 Å². The van der Waals surface area contributed by atoms with E-state index in [0.29, 0.717) is 18.4 Å². The van der Waals surface area contributed by atoms with Crippen LogP contribution in [0.1, 0.15) is 43.5 Å². The van der Waals surface area contributed by atoms with Crippen LogP contribution in [0.5, 0.6) is 0 Å². The minimum Gasteiger partial charge on any atom is -0.480 e. The minimum absolute atomic E-state index is 0.0101. The van der Waals surface area contributed by atoms with Crippen molar-refractivity contribution < 1.29 is 23.9 Å². The minimum atomic E-state index is -1.28. The van der Waals surface area contributed by atoms with Gasteiger partial charge >= 0.3 is 5.97 Å². The van der Waals surface area contributed by atoms with Gasteiger partial charge in [-0.15, -0.1) is 0 Å². The van der Waals surface area contributed by atoms with Crippen LogP contribution in [0, 0.1) is 0 Å². The van der Waals surface area contributed by atoms with Crippen molar-refractivity contribution >= 4 is 17.8 Å². The summed E-state index contributed by atoms with van der Waals surface area (Å²) < 4.78 is 4.78. The molecule has 0 bridgehead atoms. The van der Waals surface area contributed by atoms with Gasteiger partial charge in [0, 0.05) is 13.0 Å². The van der Waals surface area contributed by atoms with Crippen LogP contribution in [-0.4, -0.2) is 35.0 Å². The monoisotopic (exact) mass is 296 g/mol. The van der Waals surface area contributed by atoms with Crippen molar-refractivity contribution in [3.63, 3.8) is 0 Å². The fourth-order valence-corrected chi connectivity index (χ4v) is 1.88. The van der Waals surface area contributed by atoms with Crippen LogP contribution in [0.2, 0.25) is 0 Å². The molecule has 0 aromatic carbocycles. The lowest BCUT2D eigenvalue weighted by atomic mass is 9.96. The molecule has 2 amide bonds. The third-order valence-electron chi connectivity index (χ3n) is 3.06. The van der Waals surface area contributed by atoms with E-state index in [2.05, 4.69) is 10.6 Å². The summed E-state index contributed by atoms with van der Waals surface area (Å²) in [5, 5.41) is 14.2. The summed E-state index contributed by atoms with van der Waals surface area (Å²) >= 11 is 0. The predicted molar refractivity (Wildman–Crippen MR) is 74.7 cm³/mol. The summed E-state index contributed by atoms with van der Waals surface area (Å²) in [5.41, 5.74) is -0.905. The molecular weight excluding hydrogens is 276 g/mol. The molecule has 3 N–H and O–H groups in total.